The van der Waals surface area contributed by atoms with Gasteiger partial charge in [0.1, 0.15) is 11.2 Å². The lowest BCUT2D eigenvalue weighted by molar-refractivity contribution is 0.673. The van der Waals surface area contributed by atoms with Gasteiger partial charge in [-0.1, -0.05) is 164 Å². The summed E-state index contributed by atoms with van der Waals surface area (Å²) in [7, 11) is 0. The summed E-state index contributed by atoms with van der Waals surface area (Å²) in [6.45, 7) is 0. The second-order valence-corrected chi connectivity index (χ2v) is 14.6. The largest absolute Gasteiger partial charge is 0.455 e. The second-order valence-electron chi connectivity index (χ2n) is 13.5. The van der Waals surface area contributed by atoms with E-state index in [9.17, 15) is 0 Å². The van der Waals surface area contributed by atoms with Crippen LogP contribution < -0.4 is 0 Å². The zero-order valence-electron chi connectivity index (χ0n) is 28.1. The van der Waals surface area contributed by atoms with E-state index in [0.717, 1.165) is 21.9 Å². The molecule has 2 heteroatoms. The van der Waals surface area contributed by atoms with E-state index >= 15 is 0 Å². The molecule has 0 spiro atoms. The first-order valence-electron chi connectivity index (χ1n) is 17.8. The molecule has 11 rings (SSSR count). The van der Waals surface area contributed by atoms with Gasteiger partial charge >= 0.3 is 0 Å². The molecule has 242 valence electrons. The fourth-order valence-electron chi connectivity index (χ4n) is 8.50. The highest BCUT2D eigenvalue weighted by atomic mass is 32.1. The SMILES string of the molecule is c1ccc(-c2sc3ccc4c(oc5cccc(-c6c7ccccc7c(-c7cccc8ccccc78)c7ccccc67)c54)c3c2-c2ccccc2)cc1. The molecule has 1 nitrogen and oxygen atoms in total. The lowest BCUT2D eigenvalue weighted by Gasteiger charge is -2.19. The van der Waals surface area contributed by atoms with E-state index in [4.69, 9.17) is 4.42 Å². The number of thiophene rings is 1. The Hall–Kier alpha value is -6.48. The van der Waals surface area contributed by atoms with Crippen molar-refractivity contribution in [2.24, 2.45) is 0 Å². The van der Waals surface area contributed by atoms with Crippen LogP contribution in [0, 0.1) is 0 Å². The Morgan fingerprint density at radius 3 is 1.58 bits per heavy atom. The summed E-state index contributed by atoms with van der Waals surface area (Å²) in [5, 5.41) is 10.9. The number of benzene rings is 9. The van der Waals surface area contributed by atoms with Gasteiger partial charge in [0.15, 0.2) is 0 Å². The molecule has 0 N–H and O–H groups in total. The highest BCUT2D eigenvalue weighted by Gasteiger charge is 2.24. The summed E-state index contributed by atoms with van der Waals surface area (Å²) >= 11 is 1.84. The van der Waals surface area contributed by atoms with Gasteiger partial charge in [-0.25, -0.2) is 0 Å². The number of rotatable bonds is 4. The summed E-state index contributed by atoms with van der Waals surface area (Å²) in [5.74, 6) is 0. The Labute approximate surface area is 304 Å². The molecule has 0 saturated heterocycles. The molecule has 0 aliphatic heterocycles. The maximum atomic E-state index is 7.01. The van der Waals surface area contributed by atoms with Gasteiger partial charge in [-0.15, -0.1) is 11.3 Å². The first-order chi connectivity index (χ1) is 25.8. The van der Waals surface area contributed by atoms with Gasteiger partial charge in [-0.05, 0) is 83.9 Å². The summed E-state index contributed by atoms with van der Waals surface area (Å²) in [4.78, 5) is 1.26. The first-order valence-corrected chi connectivity index (χ1v) is 18.6. The molecule has 0 aliphatic rings. The van der Waals surface area contributed by atoms with Crippen molar-refractivity contribution in [3.63, 3.8) is 0 Å². The predicted molar refractivity (Wildman–Crippen MR) is 223 cm³/mol. The minimum absolute atomic E-state index is 0.901. The molecule has 11 aromatic rings. The summed E-state index contributed by atoms with van der Waals surface area (Å²) in [6.07, 6.45) is 0. The van der Waals surface area contributed by atoms with Crippen LogP contribution in [-0.4, -0.2) is 0 Å². The number of furan rings is 1. The van der Waals surface area contributed by atoms with Gasteiger partial charge in [0.05, 0.1) is 0 Å². The van der Waals surface area contributed by atoms with Crippen LogP contribution in [0.4, 0.5) is 0 Å². The average Bonchev–Trinajstić information content (AvgIpc) is 3.80. The molecule has 2 aromatic heterocycles. The van der Waals surface area contributed by atoms with Crippen LogP contribution in [0.2, 0.25) is 0 Å². The zero-order valence-corrected chi connectivity index (χ0v) is 29.0. The van der Waals surface area contributed by atoms with Crippen molar-refractivity contribution in [1.29, 1.82) is 0 Å². The summed E-state index contributed by atoms with van der Waals surface area (Å²) in [6, 6.07) is 65.9. The normalized spacial score (nSPS) is 11.8. The fourth-order valence-corrected chi connectivity index (χ4v) is 9.73. The van der Waals surface area contributed by atoms with Gasteiger partial charge in [-0.2, -0.15) is 0 Å². The van der Waals surface area contributed by atoms with Gasteiger partial charge in [0.25, 0.3) is 0 Å². The Balaban J connectivity index is 1.26. The molecule has 0 bridgehead atoms. The molecule has 0 radical (unpaired) electrons. The van der Waals surface area contributed by atoms with Gasteiger partial charge in [0.2, 0.25) is 0 Å². The van der Waals surface area contributed by atoms with E-state index in [0.29, 0.717) is 0 Å². The van der Waals surface area contributed by atoms with E-state index in [2.05, 4.69) is 182 Å². The number of hydrogen-bond acceptors (Lipinski definition) is 2. The highest BCUT2D eigenvalue weighted by Crippen LogP contribution is 2.51. The minimum Gasteiger partial charge on any atom is -0.455 e. The first kappa shape index (κ1) is 29.3. The van der Waals surface area contributed by atoms with Crippen LogP contribution in [0.1, 0.15) is 0 Å². The Morgan fingerprint density at radius 1 is 0.346 bits per heavy atom. The Bertz CT molecular complexity index is 3100. The van der Waals surface area contributed by atoms with Crippen LogP contribution in [-0.2, 0) is 0 Å². The molecule has 9 aromatic carbocycles. The van der Waals surface area contributed by atoms with Crippen LogP contribution in [0.3, 0.4) is 0 Å². The van der Waals surface area contributed by atoms with Crippen molar-refractivity contribution >= 4 is 75.7 Å². The summed E-state index contributed by atoms with van der Waals surface area (Å²) < 4.78 is 8.23. The lowest BCUT2D eigenvalue weighted by atomic mass is 9.84. The molecular weight excluding hydrogens is 649 g/mol. The Kier molecular flexibility index (Phi) is 6.49. The molecule has 0 unspecified atom stereocenters. The third-order valence-electron chi connectivity index (χ3n) is 10.7. The molecule has 52 heavy (non-hydrogen) atoms. The summed E-state index contributed by atoms with van der Waals surface area (Å²) in [5.41, 5.74) is 10.4. The lowest BCUT2D eigenvalue weighted by Crippen LogP contribution is -1.92. The van der Waals surface area contributed by atoms with Crippen LogP contribution in [0.5, 0.6) is 0 Å². The minimum atomic E-state index is 0.901. The number of hydrogen-bond donors (Lipinski definition) is 0. The van der Waals surface area contributed by atoms with Crippen molar-refractivity contribution in [2.45, 2.75) is 0 Å². The van der Waals surface area contributed by atoms with Gasteiger partial charge < -0.3 is 4.42 Å². The van der Waals surface area contributed by atoms with Gasteiger partial charge in [0, 0.05) is 31.3 Å². The predicted octanol–water partition coefficient (Wildman–Crippen LogP) is 14.9. The molecule has 0 fully saturated rings. The Morgan fingerprint density at radius 2 is 0.885 bits per heavy atom. The quantitative estimate of drug-likeness (QED) is 0.169. The molecular formula is C50H30OS. The van der Waals surface area contributed by atoms with Crippen molar-refractivity contribution in [3.05, 3.63) is 182 Å². The van der Waals surface area contributed by atoms with E-state index < -0.39 is 0 Å². The van der Waals surface area contributed by atoms with Crippen molar-refractivity contribution in [2.75, 3.05) is 0 Å². The molecule has 0 saturated carbocycles. The highest BCUT2D eigenvalue weighted by molar-refractivity contribution is 7.23. The van der Waals surface area contributed by atoms with E-state index in [1.807, 2.05) is 11.3 Å². The third-order valence-corrected chi connectivity index (χ3v) is 11.9. The van der Waals surface area contributed by atoms with Crippen LogP contribution >= 0.6 is 11.3 Å². The average molecular weight is 679 g/mol. The molecule has 0 amide bonds. The molecule has 2 heterocycles. The van der Waals surface area contributed by atoms with Crippen LogP contribution in [0.25, 0.3) is 108 Å². The van der Waals surface area contributed by atoms with E-state index in [1.54, 1.807) is 0 Å². The fraction of sp³-hybridized carbons (Fsp3) is 0. The number of fused-ring (bicyclic) bond motifs is 8. The maximum Gasteiger partial charge on any atom is 0.144 e. The zero-order chi connectivity index (χ0) is 34.2. The smallest absolute Gasteiger partial charge is 0.144 e. The monoisotopic (exact) mass is 678 g/mol. The van der Waals surface area contributed by atoms with E-state index in [1.165, 1.54) is 86.2 Å². The standard InChI is InChI=1S/C50H30OS/c1-3-16-32(17-4-1)44-48-43(52-50(44)33-18-5-2-6-19-33)30-29-41-47-40(27-14-28-42(47)51-49(41)48)46-38-24-11-9-22-36(38)45(37-23-10-12-25-39(37)46)35-26-13-20-31-15-7-8-21-34(31)35/h1-30H. The van der Waals surface area contributed by atoms with Crippen molar-refractivity contribution in [1.82, 2.24) is 0 Å². The van der Waals surface area contributed by atoms with Crippen LogP contribution in [0.15, 0.2) is 186 Å². The maximum absolute atomic E-state index is 7.01. The topological polar surface area (TPSA) is 13.1 Å². The second kappa shape index (κ2) is 11.5. The molecule has 0 aliphatic carbocycles. The van der Waals surface area contributed by atoms with Crippen molar-refractivity contribution < 1.29 is 4.42 Å². The van der Waals surface area contributed by atoms with Crippen molar-refractivity contribution in [3.8, 4) is 43.8 Å². The van der Waals surface area contributed by atoms with Gasteiger partial charge in [-0.3, -0.25) is 0 Å². The van der Waals surface area contributed by atoms with E-state index in [-0.39, 0.29) is 0 Å². The third kappa shape index (κ3) is 4.28. The molecule has 0 atom stereocenters.